The van der Waals surface area contributed by atoms with E-state index in [0.717, 1.165) is 0 Å². The van der Waals surface area contributed by atoms with E-state index in [2.05, 4.69) is 10.1 Å². The summed E-state index contributed by atoms with van der Waals surface area (Å²) in [6.07, 6.45) is 0. The number of hydrogen-bond donors (Lipinski definition) is 2. The summed E-state index contributed by atoms with van der Waals surface area (Å²) >= 11 is 0. The molecule has 0 aromatic carbocycles. The second kappa shape index (κ2) is 6.51. The number of nitrogens with zero attached hydrogens (tertiary/aromatic N) is 1. The Morgan fingerprint density at radius 2 is 1.94 bits per heavy atom. The van der Waals surface area contributed by atoms with Gasteiger partial charge in [-0.2, -0.15) is 0 Å². The molecule has 1 rings (SSSR count). The molecule has 1 saturated heterocycles. The molecule has 0 radical (unpaired) electrons. The molecule has 0 aliphatic carbocycles. The Hall–Kier alpha value is -0.210. The number of hydrazine groups is 1. The van der Waals surface area contributed by atoms with Crippen LogP contribution >= 0.6 is 0 Å². The average molecular weight is 251 g/mol. The van der Waals surface area contributed by atoms with Crippen molar-refractivity contribution in [2.45, 2.75) is 19.9 Å². The van der Waals surface area contributed by atoms with E-state index in [0.29, 0.717) is 38.9 Å². The smallest absolute Gasteiger partial charge is 0.225 e. The molecule has 2 N–H and O–H groups in total. The number of hydrogen-bond acceptors (Lipinski definition) is 5. The minimum atomic E-state index is -3.22. The minimum absolute atomic E-state index is 0.0997. The van der Waals surface area contributed by atoms with Crippen LogP contribution in [0.15, 0.2) is 0 Å². The lowest BCUT2D eigenvalue weighted by atomic mass is 10.4. The number of ether oxygens (including phenoxy) is 1. The van der Waals surface area contributed by atoms with Crippen LogP contribution in [0.25, 0.3) is 0 Å². The monoisotopic (exact) mass is 251 g/mol. The summed E-state index contributed by atoms with van der Waals surface area (Å²) in [5.74, 6) is 0.0997. The van der Waals surface area contributed by atoms with Crippen LogP contribution in [0.3, 0.4) is 0 Å². The zero-order chi connectivity index (χ0) is 12.0. The van der Waals surface area contributed by atoms with Gasteiger partial charge in [0.25, 0.3) is 0 Å². The Labute approximate surface area is 97.4 Å². The van der Waals surface area contributed by atoms with Crippen molar-refractivity contribution in [1.82, 2.24) is 15.2 Å². The molecule has 0 unspecified atom stereocenters. The van der Waals surface area contributed by atoms with E-state index in [1.165, 1.54) is 0 Å². The zero-order valence-corrected chi connectivity index (χ0v) is 10.7. The molecule has 0 amide bonds. The zero-order valence-electron chi connectivity index (χ0n) is 9.90. The summed E-state index contributed by atoms with van der Waals surface area (Å²) in [5.41, 5.74) is 0. The minimum Gasteiger partial charge on any atom is -0.379 e. The molecule has 0 atom stereocenters. The maximum Gasteiger partial charge on any atom is 0.225 e. The summed E-state index contributed by atoms with van der Waals surface area (Å²) in [6.45, 7) is 6.81. The molecule has 1 aliphatic rings. The Morgan fingerprint density at radius 1 is 1.31 bits per heavy atom. The SMILES string of the molecule is CC(C)NCCS(=O)(=O)NN1CCOCC1. The van der Waals surface area contributed by atoms with Crippen LogP contribution in [0, 0.1) is 0 Å². The number of rotatable bonds is 6. The van der Waals surface area contributed by atoms with Gasteiger partial charge in [0.15, 0.2) is 0 Å². The Morgan fingerprint density at radius 3 is 2.50 bits per heavy atom. The molecule has 1 fully saturated rings. The van der Waals surface area contributed by atoms with Gasteiger partial charge < -0.3 is 10.1 Å². The molecular weight excluding hydrogens is 230 g/mol. The molecule has 1 aliphatic heterocycles. The van der Waals surface area contributed by atoms with Gasteiger partial charge in [-0.15, -0.1) is 4.83 Å². The van der Waals surface area contributed by atoms with Gasteiger partial charge in [0.2, 0.25) is 10.0 Å². The normalized spacial score (nSPS) is 19.2. The first-order chi connectivity index (χ1) is 7.49. The van der Waals surface area contributed by atoms with E-state index in [1.54, 1.807) is 5.01 Å². The molecule has 1 heterocycles. The summed E-state index contributed by atoms with van der Waals surface area (Å²) in [5, 5.41) is 4.77. The first-order valence-corrected chi connectivity index (χ1v) is 7.21. The molecular formula is C9H21N3O3S. The summed E-state index contributed by atoms with van der Waals surface area (Å²) in [6, 6.07) is 0.304. The van der Waals surface area contributed by atoms with E-state index >= 15 is 0 Å². The molecule has 0 saturated carbocycles. The fraction of sp³-hybridized carbons (Fsp3) is 1.00. The third-order valence-electron chi connectivity index (χ3n) is 2.20. The van der Waals surface area contributed by atoms with E-state index < -0.39 is 10.0 Å². The molecule has 96 valence electrons. The van der Waals surface area contributed by atoms with Crippen molar-refractivity contribution < 1.29 is 13.2 Å². The van der Waals surface area contributed by atoms with Crippen LogP contribution in [-0.2, 0) is 14.8 Å². The summed E-state index contributed by atoms with van der Waals surface area (Å²) in [4.78, 5) is 2.55. The van der Waals surface area contributed by atoms with Crippen molar-refractivity contribution in [3.8, 4) is 0 Å². The van der Waals surface area contributed by atoms with Gasteiger partial charge in [-0.1, -0.05) is 13.8 Å². The van der Waals surface area contributed by atoms with Crippen LogP contribution < -0.4 is 10.1 Å². The Kier molecular flexibility index (Phi) is 5.63. The molecule has 0 spiro atoms. The Bertz CT molecular complexity index is 286. The van der Waals surface area contributed by atoms with Crippen LogP contribution in [0.2, 0.25) is 0 Å². The van der Waals surface area contributed by atoms with Crippen molar-refractivity contribution in [3.63, 3.8) is 0 Å². The third-order valence-corrected chi connectivity index (χ3v) is 3.48. The fourth-order valence-corrected chi connectivity index (χ4v) is 2.43. The summed E-state index contributed by atoms with van der Waals surface area (Å²) in [7, 11) is -3.22. The molecule has 16 heavy (non-hydrogen) atoms. The number of morpholine rings is 1. The average Bonchev–Trinajstić information content (AvgIpc) is 2.17. The van der Waals surface area contributed by atoms with Crippen LogP contribution in [0.1, 0.15) is 13.8 Å². The fourth-order valence-electron chi connectivity index (χ4n) is 1.38. The first kappa shape index (κ1) is 13.9. The molecule has 7 heteroatoms. The maximum atomic E-state index is 11.6. The van der Waals surface area contributed by atoms with Gasteiger partial charge in [0.1, 0.15) is 0 Å². The lowest BCUT2D eigenvalue weighted by Gasteiger charge is -2.26. The van der Waals surface area contributed by atoms with E-state index in [-0.39, 0.29) is 5.75 Å². The molecule has 0 bridgehead atoms. The highest BCUT2D eigenvalue weighted by atomic mass is 32.2. The molecule has 0 aromatic rings. The second-order valence-corrected chi connectivity index (χ2v) is 5.94. The van der Waals surface area contributed by atoms with Crippen molar-refractivity contribution in [2.24, 2.45) is 0 Å². The quantitative estimate of drug-likeness (QED) is 0.643. The van der Waals surface area contributed by atoms with Gasteiger partial charge >= 0.3 is 0 Å². The van der Waals surface area contributed by atoms with Crippen LogP contribution in [0.5, 0.6) is 0 Å². The number of nitrogens with one attached hydrogen (secondary N) is 2. The van der Waals surface area contributed by atoms with Gasteiger partial charge in [0, 0.05) is 25.7 Å². The van der Waals surface area contributed by atoms with Gasteiger partial charge in [-0.3, -0.25) is 0 Å². The molecule has 6 nitrogen and oxygen atoms in total. The Balaban J connectivity index is 2.27. The number of sulfonamides is 1. The highest BCUT2D eigenvalue weighted by molar-refractivity contribution is 7.89. The van der Waals surface area contributed by atoms with E-state index in [4.69, 9.17) is 4.74 Å². The lowest BCUT2D eigenvalue weighted by Crippen LogP contribution is -2.49. The van der Waals surface area contributed by atoms with Crippen LogP contribution in [-0.4, -0.2) is 58.1 Å². The van der Waals surface area contributed by atoms with Crippen molar-refractivity contribution in [2.75, 3.05) is 38.6 Å². The standard InChI is InChI=1S/C9H21N3O3S/c1-9(2)10-3-8-16(13,14)11-12-4-6-15-7-5-12/h9-11H,3-8H2,1-2H3. The molecule has 0 aromatic heterocycles. The highest BCUT2D eigenvalue weighted by Gasteiger charge is 2.17. The van der Waals surface area contributed by atoms with Crippen molar-refractivity contribution in [3.05, 3.63) is 0 Å². The predicted molar refractivity (Wildman–Crippen MR) is 62.5 cm³/mol. The maximum absolute atomic E-state index is 11.6. The lowest BCUT2D eigenvalue weighted by molar-refractivity contribution is 0.0272. The third kappa shape index (κ3) is 5.76. The van der Waals surface area contributed by atoms with E-state index in [1.807, 2.05) is 13.8 Å². The van der Waals surface area contributed by atoms with Gasteiger partial charge in [0.05, 0.1) is 19.0 Å². The highest BCUT2D eigenvalue weighted by Crippen LogP contribution is 1.95. The van der Waals surface area contributed by atoms with Gasteiger partial charge in [-0.25, -0.2) is 13.4 Å². The van der Waals surface area contributed by atoms with E-state index in [9.17, 15) is 8.42 Å². The van der Waals surface area contributed by atoms with Crippen molar-refractivity contribution >= 4 is 10.0 Å². The van der Waals surface area contributed by atoms with Crippen molar-refractivity contribution in [1.29, 1.82) is 0 Å². The second-order valence-electron chi connectivity index (χ2n) is 4.12. The van der Waals surface area contributed by atoms with Gasteiger partial charge in [-0.05, 0) is 0 Å². The first-order valence-electron chi connectivity index (χ1n) is 5.56. The summed E-state index contributed by atoms with van der Waals surface area (Å²) < 4.78 is 28.4. The topological polar surface area (TPSA) is 70.7 Å². The van der Waals surface area contributed by atoms with Crippen LogP contribution in [0.4, 0.5) is 0 Å². The largest absolute Gasteiger partial charge is 0.379 e. The predicted octanol–water partition coefficient (Wildman–Crippen LogP) is -0.849.